The summed E-state index contributed by atoms with van der Waals surface area (Å²) in [4.78, 5) is 34.5. The normalized spacial score (nSPS) is 16.7. The van der Waals surface area contributed by atoms with E-state index < -0.39 is 18.2 Å². The molecular formula is C29H35N3O4. The molecule has 1 aromatic heterocycles. The first-order valence-corrected chi connectivity index (χ1v) is 12.9. The van der Waals surface area contributed by atoms with Gasteiger partial charge in [-0.05, 0) is 36.5 Å². The fourth-order valence-corrected chi connectivity index (χ4v) is 5.14. The number of fused-ring (bicyclic) bond motifs is 1. The highest BCUT2D eigenvalue weighted by atomic mass is 16.6. The summed E-state index contributed by atoms with van der Waals surface area (Å²) in [5, 5.41) is 14.0. The van der Waals surface area contributed by atoms with Crippen molar-refractivity contribution in [1.82, 2.24) is 15.3 Å². The van der Waals surface area contributed by atoms with Gasteiger partial charge in [-0.3, -0.25) is 9.78 Å². The Morgan fingerprint density at radius 1 is 1.03 bits per heavy atom. The topological polar surface area (TPSA) is 101 Å². The number of nitrogens with one attached hydrogen (secondary N) is 1. The van der Waals surface area contributed by atoms with Gasteiger partial charge in [0.05, 0.1) is 23.3 Å². The van der Waals surface area contributed by atoms with Crippen molar-refractivity contribution >= 4 is 22.9 Å². The minimum atomic E-state index is -1.01. The van der Waals surface area contributed by atoms with Crippen LogP contribution in [0, 0.1) is 11.8 Å². The van der Waals surface area contributed by atoms with E-state index in [1.165, 1.54) is 25.5 Å². The van der Waals surface area contributed by atoms with Gasteiger partial charge in [-0.15, -0.1) is 0 Å². The highest BCUT2D eigenvalue weighted by Gasteiger charge is 2.32. The van der Waals surface area contributed by atoms with Gasteiger partial charge in [0, 0.05) is 19.4 Å². The zero-order valence-corrected chi connectivity index (χ0v) is 20.8. The van der Waals surface area contributed by atoms with E-state index in [4.69, 9.17) is 4.74 Å². The SMILES string of the molecule is CNC(=O)[C@H](CC1CCCCC1)C[C@H](O)[C@H](Cc1ccccc1)OC(=O)c1cnc2ccccc2n1. The van der Waals surface area contributed by atoms with Crippen molar-refractivity contribution in [2.45, 2.75) is 63.6 Å². The van der Waals surface area contributed by atoms with Gasteiger partial charge in [-0.1, -0.05) is 74.6 Å². The average molecular weight is 490 g/mol. The Bertz CT molecular complexity index is 1150. The summed E-state index contributed by atoms with van der Waals surface area (Å²) in [7, 11) is 1.63. The molecule has 7 heteroatoms. The zero-order valence-electron chi connectivity index (χ0n) is 20.8. The van der Waals surface area contributed by atoms with Crippen LogP contribution in [-0.4, -0.2) is 46.2 Å². The Labute approximate surface area is 212 Å². The first-order valence-electron chi connectivity index (χ1n) is 12.9. The molecule has 0 spiro atoms. The molecule has 3 atom stereocenters. The van der Waals surface area contributed by atoms with Crippen molar-refractivity contribution in [3.63, 3.8) is 0 Å². The van der Waals surface area contributed by atoms with E-state index in [0.29, 0.717) is 23.4 Å². The lowest BCUT2D eigenvalue weighted by Crippen LogP contribution is -2.39. The Balaban J connectivity index is 1.51. The maximum atomic E-state index is 13.1. The predicted molar refractivity (Wildman–Crippen MR) is 138 cm³/mol. The second-order valence-electron chi connectivity index (χ2n) is 9.73. The minimum Gasteiger partial charge on any atom is -0.454 e. The number of aliphatic hydroxyl groups is 1. The number of amides is 1. The molecule has 0 unspecified atom stereocenters. The molecule has 0 saturated heterocycles. The fraction of sp³-hybridized carbons (Fsp3) is 0.448. The number of hydrogen-bond acceptors (Lipinski definition) is 6. The molecule has 1 aliphatic carbocycles. The zero-order chi connectivity index (χ0) is 25.3. The second kappa shape index (κ2) is 12.6. The molecule has 7 nitrogen and oxygen atoms in total. The number of rotatable bonds is 10. The maximum Gasteiger partial charge on any atom is 0.358 e. The van der Waals surface area contributed by atoms with Gasteiger partial charge in [-0.2, -0.15) is 0 Å². The molecule has 1 fully saturated rings. The van der Waals surface area contributed by atoms with Crippen LogP contribution < -0.4 is 5.32 Å². The van der Waals surface area contributed by atoms with E-state index in [-0.39, 0.29) is 23.9 Å². The van der Waals surface area contributed by atoms with Gasteiger partial charge >= 0.3 is 5.97 Å². The number of esters is 1. The molecular weight excluding hydrogens is 454 g/mol. The summed E-state index contributed by atoms with van der Waals surface area (Å²) in [5.41, 5.74) is 2.30. The standard InChI is InChI=1S/C29H35N3O4/c1-30-28(34)22(16-20-10-4-2-5-11-20)18-26(33)27(17-21-12-6-3-7-13-21)36-29(35)25-19-31-23-14-8-9-15-24(23)32-25/h3,6-9,12-15,19-20,22,26-27,33H,2,4-5,10-11,16-18H2,1H3,(H,30,34)/t22-,26+,27+/m1/s1. The number of hydrogen-bond donors (Lipinski definition) is 2. The van der Waals surface area contributed by atoms with E-state index in [2.05, 4.69) is 15.3 Å². The molecule has 1 saturated carbocycles. The van der Waals surface area contributed by atoms with Gasteiger partial charge in [0.15, 0.2) is 5.69 Å². The van der Waals surface area contributed by atoms with E-state index in [1.807, 2.05) is 48.5 Å². The van der Waals surface area contributed by atoms with Crippen molar-refractivity contribution in [3.05, 3.63) is 72.1 Å². The van der Waals surface area contributed by atoms with Gasteiger partial charge in [0.2, 0.25) is 5.91 Å². The van der Waals surface area contributed by atoms with Gasteiger partial charge < -0.3 is 15.2 Å². The summed E-state index contributed by atoms with van der Waals surface area (Å²) in [6.07, 6.45) is 6.72. The number of ether oxygens (including phenoxy) is 1. The molecule has 0 radical (unpaired) electrons. The molecule has 36 heavy (non-hydrogen) atoms. The van der Waals surface area contributed by atoms with Crippen LogP contribution in [0.15, 0.2) is 60.8 Å². The van der Waals surface area contributed by atoms with Crippen molar-refractivity contribution in [2.24, 2.45) is 11.8 Å². The summed E-state index contributed by atoms with van der Waals surface area (Å²) in [6.45, 7) is 0. The number of aromatic nitrogens is 2. The van der Waals surface area contributed by atoms with Crippen LogP contribution >= 0.6 is 0 Å². The highest BCUT2D eigenvalue weighted by Crippen LogP contribution is 2.31. The van der Waals surface area contributed by atoms with Gasteiger partial charge in [-0.25, -0.2) is 9.78 Å². The van der Waals surface area contributed by atoms with Crippen molar-refractivity contribution in [1.29, 1.82) is 0 Å². The minimum absolute atomic E-state index is 0.0789. The summed E-state index contributed by atoms with van der Waals surface area (Å²) >= 11 is 0. The Kier molecular flexibility index (Phi) is 9.01. The lowest BCUT2D eigenvalue weighted by atomic mass is 9.80. The first kappa shape index (κ1) is 25.8. The van der Waals surface area contributed by atoms with Gasteiger partial charge in [0.25, 0.3) is 0 Å². The van der Waals surface area contributed by atoms with Crippen molar-refractivity contribution in [3.8, 4) is 0 Å². The third-order valence-electron chi connectivity index (χ3n) is 7.11. The third kappa shape index (κ3) is 6.88. The smallest absolute Gasteiger partial charge is 0.358 e. The monoisotopic (exact) mass is 489 g/mol. The maximum absolute atomic E-state index is 13.1. The van der Waals surface area contributed by atoms with Crippen molar-refractivity contribution in [2.75, 3.05) is 7.05 Å². The molecule has 2 aromatic carbocycles. The molecule has 0 bridgehead atoms. The number of benzene rings is 2. The molecule has 0 aliphatic heterocycles. The molecule has 1 heterocycles. The lowest BCUT2D eigenvalue weighted by molar-refractivity contribution is -0.127. The van der Waals surface area contributed by atoms with Crippen LogP contribution in [0.1, 0.15) is 61.0 Å². The van der Waals surface area contributed by atoms with E-state index in [1.54, 1.807) is 13.1 Å². The molecule has 1 aliphatic rings. The van der Waals surface area contributed by atoms with E-state index >= 15 is 0 Å². The number of para-hydroxylation sites is 2. The Morgan fingerprint density at radius 3 is 2.44 bits per heavy atom. The summed E-state index contributed by atoms with van der Waals surface area (Å²) in [6, 6.07) is 16.9. The largest absolute Gasteiger partial charge is 0.454 e. The molecule has 190 valence electrons. The van der Waals surface area contributed by atoms with Crippen LogP contribution in [0.5, 0.6) is 0 Å². The molecule has 2 N–H and O–H groups in total. The van der Waals surface area contributed by atoms with Crippen molar-refractivity contribution < 1.29 is 19.4 Å². The summed E-state index contributed by atoms with van der Waals surface area (Å²) < 4.78 is 5.83. The predicted octanol–water partition coefficient (Wildman–Crippen LogP) is 4.48. The average Bonchev–Trinajstić information content (AvgIpc) is 2.92. The first-order chi connectivity index (χ1) is 17.5. The quantitative estimate of drug-likeness (QED) is 0.407. The summed E-state index contributed by atoms with van der Waals surface area (Å²) in [5.74, 6) is -0.580. The molecule has 3 aromatic rings. The Hall–Kier alpha value is -3.32. The third-order valence-corrected chi connectivity index (χ3v) is 7.11. The number of carbonyl (C=O) groups is 2. The van der Waals surface area contributed by atoms with E-state index in [9.17, 15) is 14.7 Å². The highest BCUT2D eigenvalue weighted by molar-refractivity contribution is 5.89. The van der Waals surface area contributed by atoms with Crippen LogP contribution in [0.3, 0.4) is 0 Å². The van der Waals surface area contributed by atoms with Crippen LogP contribution in [-0.2, 0) is 16.0 Å². The molecule has 1 amide bonds. The van der Waals surface area contributed by atoms with Gasteiger partial charge in [0.1, 0.15) is 6.10 Å². The van der Waals surface area contributed by atoms with E-state index in [0.717, 1.165) is 24.8 Å². The lowest BCUT2D eigenvalue weighted by Gasteiger charge is -2.29. The number of carbonyl (C=O) groups excluding carboxylic acids is 2. The molecule has 4 rings (SSSR count). The Morgan fingerprint density at radius 2 is 1.72 bits per heavy atom. The number of aliphatic hydroxyl groups excluding tert-OH is 1. The fourth-order valence-electron chi connectivity index (χ4n) is 5.14. The number of nitrogens with zero attached hydrogens (tertiary/aromatic N) is 2. The second-order valence-corrected chi connectivity index (χ2v) is 9.73. The van der Waals surface area contributed by atoms with Crippen LogP contribution in [0.2, 0.25) is 0 Å². The van der Waals surface area contributed by atoms with Crippen LogP contribution in [0.4, 0.5) is 0 Å². The van der Waals surface area contributed by atoms with Crippen LogP contribution in [0.25, 0.3) is 11.0 Å².